The molecule has 17 heavy (non-hydrogen) atoms. The third kappa shape index (κ3) is 2.77. The molecule has 0 bridgehead atoms. The number of halogens is 5. The Morgan fingerprint density at radius 3 is 2.47 bits per heavy atom. The van der Waals surface area contributed by atoms with Crippen LogP contribution in [0.15, 0.2) is 31.9 Å². The van der Waals surface area contributed by atoms with Gasteiger partial charge in [-0.1, -0.05) is 0 Å². The molecule has 1 aromatic carbocycles. The number of benzene rings is 1. The first kappa shape index (κ1) is 13.2. The van der Waals surface area contributed by atoms with Crippen molar-refractivity contribution in [2.45, 2.75) is 6.54 Å². The lowest BCUT2D eigenvalue weighted by Crippen LogP contribution is -2.07. The second kappa shape index (κ2) is 5.16. The van der Waals surface area contributed by atoms with Crippen molar-refractivity contribution in [1.82, 2.24) is 9.78 Å². The molecule has 2 rings (SSSR count). The summed E-state index contributed by atoms with van der Waals surface area (Å²) < 4.78 is 30.2. The molecule has 0 saturated carbocycles. The largest absolute Gasteiger partial charge is 0.253 e. The Kier molecular flexibility index (Phi) is 3.99. The van der Waals surface area contributed by atoms with Crippen LogP contribution in [0.25, 0.3) is 0 Å². The lowest BCUT2D eigenvalue weighted by atomic mass is 10.2. The number of hydrogen-bond acceptors (Lipinski definition) is 1. The van der Waals surface area contributed by atoms with Crippen LogP contribution in [0.3, 0.4) is 0 Å². The summed E-state index contributed by atoms with van der Waals surface area (Å²) in [6, 6.07) is 4.25. The van der Waals surface area contributed by atoms with Crippen LogP contribution in [0.2, 0.25) is 0 Å². The van der Waals surface area contributed by atoms with Crippen LogP contribution in [0.1, 0.15) is 5.56 Å². The van der Waals surface area contributed by atoms with Gasteiger partial charge in [-0.05, 0) is 59.9 Å². The van der Waals surface area contributed by atoms with Gasteiger partial charge in [-0.3, -0.25) is 4.68 Å². The maximum atomic E-state index is 13.7. The van der Waals surface area contributed by atoms with Gasteiger partial charge in [0.2, 0.25) is 0 Å². The quantitative estimate of drug-likeness (QED) is 0.642. The fraction of sp³-hybridized carbons (Fsp3) is 0.100. The summed E-state index contributed by atoms with van der Waals surface area (Å²) in [5, 5.41) is 4.06. The number of rotatable bonds is 2. The van der Waals surface area contributed by atoms with Crippen molar-refractivity contribution in [3.05, 3.63) is 49.1 Å². The minimum Gasteiger partial charge on any atom is -0.253 e. The van der Waals surface area contributed by atoms with Crippen LogP contribution in [-0.4, -0.2) is 9.78 Å². The Balaban J connectivity index is 2.43. The van der Waals surface area contributed by atoms with E-state index in [-0.39, 0.29) is 16.6 Å². The third-order valence-electron chi connectivity index (χ3n) is 2.15. The molecule has 2 nitrogen and oxygen atoms in total. The molecule has 7 heteroatoms. The first-order valence-corrected chi connectivity index (χ1v) is 6.88. The van der Waals surface area contributed by atoms with Gasteiger partial charge < -0.3 is 0 Å². The molecule has 0 atom stereocenters. The molecule has 1 aromatic heterocycles. The average Bonchev–Trinajstić information content (AvgIpc) is 2.58. The average molecular weight is 431 g/mol. The minimum absolute atomic E-state index is 0.0172. The molecule has 0 amide bonds. The molecule has 0 aliphatic heterocycles. The predicted octanol–water partition coefficient (Wildman–Crippen LogP) is 4.50. The van der Waals surface area contributed by atoms with Gasteiger partial charge in [0, 0.05) is 11.6 Å². The van der Waals surface area contributed by atoms with Crippen LogP contribution < -0.4 is 0 Å². The molecule has 90 valence electrons. The Morgan fingerprint density at radius 2 is 1.88 bits per heavy atom. The fourth-order valence-corrected chi connectivity index (χ4v) is 2.85. The zero-order valence-corrected chi connectivity index (χ0v) is 13.0. The monoisotopic (exact) mass is 428 g/mol. The molecule has 0 N–H and O–H groups in total. The summed E-state index contributed by atoms with van der Waals surface area (Å²) in [7, 11) is 0. The smallest absolute Gasteiger partial charge is 0.145 e. The van der Waals surface area contributed by atoms with E-state index in [9.17, 15) is 8.78 Å². The Labute approximate surface area is 121 Å². The highest BCUT2D eigenvalue weighted by molar-refractivity contribution is 9.11. The minimum atomic E-state index is -0.608. The summed E-state index contributed by atoms with van der Waals surface area (Å²) in [5.41, 5.74) is -0.0318. The molecule has 0 spiro atoms. The van der Waals surface area contributed by atoms with Crippen LogP contribution in [0.5, 0.6) is 0 Å². The van der Waals surface area contributed by atoms with E-state index in [1.54, 1.807) is 6.07 Å². The van der Waals surface area contributed by atoms with E-state index >= 15 is 0 Å². The Hall–Kier alpha value is -0.270. The van der Waals surface area contributed by atoms with E-state index < -0.39 is 11.6 Å². The topological polar surface area (TPSA) is 17.8 Å². The van der Waals surface area contributed by atoms with Crippen molar-refractivity contribution in [1.29, 1.82) is 0 Å². The third-order valence-corrected chi connectivity index (χ3v) is 3.79. The van der Waals surface area contributed by atoms with Gasteiger partial charge in [0.25, 0.3) is 0 Å². The van der Waals surface area contributed by atoms with Crippen molar-refractivity contribution in [2.75, 3.05) is 0 Å². The van der Waals surface area contributed by atoms with Gasteiger partial charge >= 0.3 is 0 Å². The van der Waals surface area contributed by atoms with Gasteiger partial charge in [0.15, 0.2) is 0 Å². The molecule has 1 heterocycles. The van der Waals surface area contributed by atoms with Gasteiger partial charge in [-0.25, -0.2) is 8.78 Å². The molecule has 2 aromatic rings. The predicted molar refractivity (Wildman–Crippen MR) is 70.8 cm³/mol. The van der Waals surface area contributed by atoms with Crippen LogP contribution in [-0.2, 0) is 6.54 Å². The molecule has 0 fully saturated rings. The van der Waals surface area contributed by atoms with Crippen molar-refractivity contribution < 1.29 is 8.78 Å². The number of hydrogen-bond donors (Lipinski definition) is 0. The Bertz CT molecular complexity index is 569. The van der Waals surface area contributed by atoms with E-state index in [1.807, 2.05) is 0 Å². The zero-order valence-electron chi connectivity index (χ0n) is 8.22. The summed E-state index contributed by atoms with van der Waals surface area (Å²) in [5.74, 6) is -1.20. The van der Waals surface area contributed by atoms with Gasteiger partial charge in [0.1, 0.15) is 20.8 Å². The van der Waals surface area contributed by atoms with Crippen LogP contribution in [0, 0.1) is 11.6 Å². The molecule has 0 saturated heterocycles. The highest BCUT2D eigenvalue weighted by atomic mass is 79.9. The number of nitrogens with zero attached hydrogens (tertiary/aromatic N) is 2. The molecule has 0 unspecified atom stereocenters. The lowest BCUT2D eigenvalue weighted by molar-refractivity contribution is 0.526. The SMILES string of the molecule is Fc1ccc(Br)c(F)c1Cn1nc(Br)cc1Br. The van der Waals surface area contributed by atoms with Gasteiger partial charge in [0.05, 0.1) is 11.0 Å². The maximum Gasteiger partial charge on any atom is 0.145 e. The fourth-order valence-electron chi connectivity index (χ4n) is 1.34. The summed E-state index contributed by atoms with van der Waals surface area (Å²) in [6.45, 7) is 0.0172. The first-order chi connectivity index (χ1) is 7.99. The maximum absolute atomic E-state index is 13.7. The van der Waals surface area contributed by atoms with Gasteiger partial charge in [-0.15, -0.1) is 0 Å². The highest BCUT2D eigenvalue weighted by Gasteiger charge is 2.14. The molecule has 0 aliphatic carbocycles. The molecular formula is C10H5Br3F2N2. The standard InChI is InChI=1S/C10H5Br3F2N2/c11-6-1-2-7(14)5(10(6)15)4-17-9(13)3-8(12)16-17/h1-3H,4H2. The molecule has 0 radical (unpaired) electrons. The Morgan fingerprint density at radius 1 is 1.18 bits per heavy atom. The summed E-state index contributed by atoms with van der Waals surface area (Å²) >= 11 is 9.47. The zero-order chi connectivity index (χ0) is 12.6. The van der Waals surface area contributed by atoms with E-state index in [1.165, 1.54) is 16.8 Å². The van der Waals surface area contributed by atoms with Gasteiger partial charge in [-0.2, -0.15) is 5.10 Å². The van der Waals surface area contributed by atoms with E-state index in [0.717, 1.165) is 0 Å². The van der Waals surface area contributed by atoms with Crippen LogP contribution >= 0.6 is 47.8 Å². The lowest BCUT2D eigenvalue weighted by Gasteiger charge is -2.07. The van der Waals surface area contributed by atoms with E-state index in [2.05, 4.69) is 52.9 Å². The molecule has 0 aliphatic rings. The van der Waals surface area contributed by atoms with E-state index in [0.29, 0.717) is 9.21 Å². The normalized spacial score (nSPS) is 10.9. The number of aromatic nitrogens is 2. The molecular weight excluding hydrogens is 426 g/mol. The summed E-state index contributed by atoms with van der Waals surface area (Å²) in [4.78, 5) is 0. The highest BCUT2D eigenvalue weighted by Crippen LogP contribution is 2.24. The van der Waals surface area contributed by atoms with Crippen molar-refractivity contribution in [3.63, 3.8) is 0 Å². The second-order valence-corrected chi connectivity index (χ2v) is 5.75. The van der Waals surface area contributed by atoms with Crippen LogP contribution in [0.4, 0.5) is 8.78 Å². The summed E-state index contributed by atoms with van der Waals surface area (Å²) in [6.07, 6.45) is 0. The van der Waals surface area contributed by atoms with Crippen molar-refractivity contribution >= 4 is 47.8 Å². The van der Waals surface area contributed by atoms with Crippen molar-refractivity contribution in [3.8, 4) is 0 Å². The van der Waals surface area contributed by atoms with Crippen molar-refractivity contribution in [2.24, 2.45) is 0 Å². The first-order valence-electron chi connectivity index (χ1n) is 4.50. The second-order valence-electron chi connectivity index (χ2n) is 3.27. The van der Waals surface area contributed by atoms with E-state index in [4.69, 9.17) is 0 Å².